The van der Waals surface area contributed by atoms with Crippen molar-refractivity contribution < 1.29 is 88.5 Å². The minimum Gasteiger partial charge on any atom is -0.545 e. The van der Waals surface area contributed by atoms with Crippen molar-refractivity contribution in [3.8, 4) is 0 Å². The molecule has 2 rings (SSSR count). The van der Waals surface area contributed by atoms with E-state index in [0.717, 1.165) is 12.8 Å². The van der Waals surface area contributed by atoms with Crippen molar-refractivity contribution in [1.82, 2.24) is 10.6 Å². The van der Waals surface area contributed by atoms with Gasteiger partial charge in [0.25, 0.3) is 11.8 Å². The number of carboxylic acids is 2. The van der Waals surface area contributed by atoms with Crippen molar-refractivity contribution >= 4 is 23.8 Å². The summed E-state index contributed by atoms with van der Waals surface area (Å²) in [4.78, 5) is 46.3. The van der Waals surface area contributed by atoms with E-state index in [2.05, 4.69) is 10.6 Å². The second kappa shape index (κ2) is 16.0. The van der Waals surface area contributed by atoms with Gasteiger partial charge in [0.2, 0.25) is 0 Å². The topological polar surface area (TPSA) is 138 Å². The molecule has 0 radical (unpaired) electrons. The van der Waals surface area contributed by atoms with Crippen LogP contribution in [-0.2, 0) is 0 Å². The Labute approximate surface area is 230 Å². The number of nitrogens with one attached hydrogen (secondary N) is 2. The first kappa shape index (κ1) is 30.3. The summed E-state index contributed by atoms with van der Waals surface area (Å²) in [6, 6.07) is 11.7. The number of carboxylic acid groups (broad SMARTS) is 2. The zero-order valence-electron chi connectivity index (χ0n) is 18.3. The quantitative estimate of drug-likeness (QED) is 0.255. The fourth-order valence-corrected chi connectivity index (χ4v) is 2.92. The summed E-state index contributed by atoms with van der Waals surface area (Å²) in [7, 11) is 0. The third kappa shape index (κ3) is 9.44. The summed E-state index contributed by atoms with van der Waals surface area (Å²) in [5.41, 5.74) is -0.161. The first-order valence-electron chi connectivity index (χ1n) is 9.59. The summed E-state index contributed by atoms with van der Waals surface area (Å²) in [6.07, 6.45) is 2.99. The van der Waals surface area contributed by atoms with Gasteiger partial charge in [0.1, 0.15) is 0 Å². The van der Waals surface area contributed by atoms with E-state index in [0.29, 0.717) is 25.9 Å². The summed E-state index contributed by atoms with van der Waals surface area (Å²) < 4.78 is 0. The fraction of sp³-hybridized carbons (Fsp3) is 0.273. The SMILES string of the molecule is O=C([O-])c1ccccc1C(=O)NCCCCCCNC(=O)c1ccccc1C(=O)[O-].[Na+].[Na+]. The van der Waals surface area contributed by atoms with E-state index in [4.69, 9.17) is 0 Å². The van der Waals surface area contributed by atoms with E-state index in [1.54, 1.807) is 12.1 Å². The van der Waals surface area contributed by atoms with Crippen LogP contribution in [0.1, 0.15) is 67.1 Å². The minimum absolute atomic E-state index is 0. The number of amides is 2. The minimum atomic E-state index is -1.40. The molecule has 0 aliphatic heterocycles. The van der Waals surface area contributed by atoms with Gasteiger partial charge in [-0.05, 0) is 25.0 Å². The van der Waals surface area contributed by atoms with Gasteiger partial charge in [-0.3, -0.25) is 9.59 Å². The molecule has 0 aromatic heterocycles. The maximum atomic E-state index is 12.1. The Hall–Kier alpha value is -1.68. The molecule has 0 heterocycles. The van der Waals surface area contributed by atoms with Crippen molar-refractivity contribution in [3.05, 3.63) is 70.8 Å². The van der Waals surface area contributed by atoms with Gasteiger partial charge in [-0.15, -0.1) is 0 Å². The second-order valence-corrected chi connectivity index (χ2v) is 6.59. The Morgan fingerprint density at radius 1 is 0.562 bits per heavy atom. The third-order valence-electron chi connectivity index (χ3n) is 4.46. The first-order chi connectivity index (χ1) is 14.4. The van der Waals surface area contributed by atoms with Crippen LogP contribution in [0.25, 0.3) is 0 Å². The smallest absolute Gasteiger partial charge is 0.545 e. The van der Waals surface area contributed by atoms with Gasteiger partial charge >= 0.3 is 59.1 Å². The number of unbranched alkanes of at least 4 members (excludes halogenated alkanes) is 3. The van der Waals surface area contributed by atoms with Gasteiger partial charge in [-0.1, -0.05) is 49.2 Å². The molecule has 0 aliphatic carbocycles. The Balaban J connectivity index is 0.00000480. The van der Waals surface area contributed by atoms with Gasteiger partial charge in [0.15, 0.2) is 0 Å². The monoisotopic (exact) mass is 456 g/mol. The van der Waals surface area contributed by atoms with Gasteiger partial charge in [-0.25, -0.2) is 0 Å². The predicted molar refractivity (Wildman–Crippen MR) is 105 cm³/mol. The van der Waals surface area contributed by atoms with Crippen LogP contribution < -0.4 is 80.0 Å². The summed E-state index contributed by atoms with van der Waals surface area (Å²) in [6.45, 7) is 0.789. The number of carbonyl (C=O) groups excluding carboxylic acids is 4. The largest absolute Gasteiger partial charge is 1.00 e. The summed E-state index contributed by atoms with van der Waals surface area (Å²) in [5, 5.41) is 27.4. The zero-order valence-corrected chi connectivity index (χ0v) is 22.3. The standard InChI is InChI=1S/C22H24N2O6.2Na/c25-19(15-9-3-5-11-17(15)21(27)28)23-13-7-1-2-8-14-24-20(26)16-10-4-6-12-18(16)22(29)30;;/h3-6,9-12H,1-2,7-8,13-14H2,(H,23,25)(H,24,26)(H,27,28)(H,29,30);;/q;2*+1/p-2. The molecule has 2 aromatic carbocycles. The predicted octanol–water partition coefficient (Wildman–Crippen LogP) is -5.86. The molecule has 10 heteroatoms. The van der Waals surface area contributed by atoms with Gasteiger partial charge in [-0.2, -0.15) is 0 Å². The first-order valence-corrected chi connectivity index (χ1v) is 9.59. The van der Waals surface area contributed by atoms with Crippen LogP contribution in [-0.4, -0.2) is 36.8 Å². The number of rotatable bonds is 11. The Kier molecular flexibility index (Phi) is 15.2. The summed E-state index contributed by atoms with van der Waals surface area (Å²) in [5.74, 6) is -3.72. The molecule has 2 amide bonds. The average Bonchev–Trinajstić information content (AvgIpc) is 2.75. The van der Waals surface area contributed by atoms with Crippen LogP contribution in [0, 0.1) is 0 Å². The van der Waals surface area contributed by atoms with E-state index in [9.17, 15) is 29.4 Å². The Morgan fingerprint density at radius 3 is 1.19 bits per heavy atom. The third-order valence-corrected chi connectivity index (χ3v) is 4.46. The van der Waals surface area contributed by atoms with E-state index in [-0.39, 0.29) is 81.4 Å². The van der Waals surface area contributed by atoms with E-state index in [1.165, 1.54) is 36.4 Å². The number of hydrogen-bond donors (Lipinski definition) is 2. The molecule has 0 atom stereocenters. The molecule has 158 valence electrons. The van der Waals surface area contributed by atoms with E-state index >= 15 is 0 Å². The van der Waals surface area contributed by atoms with Gasteiger partial charge in [0.05, 0.1) is 11.9 Å². The zero-order chi connectivity index (χ0) is 21.9. The molecule has 0 unspecified atom stereocenters. The van der Waals surface area contributed by atoms with Crippen molar-refractivity contribution in [1.29, 1.82) is 0 Å². The Bertz CT molecular complexity index is 861. The maximum absolute atomic E-state index is 12.1. The molecule has 8 nitrogen and oxygen atoms in total. The molecular weight excluding hydrogens is 434 g/mol. The van der Waals surface area contributed by atoms with Crippen LogP contribution in [0.15, 0.2) is 48.5 Å². The normalized spacial score (nSPS) is 9.62. The van der Waals surface area contributed by atoms with Gasteiger partial charge in [0, 0.05) is 35.3 Å². The number of benzene rings is 2. The molecule has 0 bridgehead atoms. The van der Waals surface area contributed by atoms with E-state index < -0.39 is 23.8 Å². The molecule has 0 saturated carbocycles. The molecule has 0 saturated heterocycles. The van der Waals surface area contributed by atoms with Crippen molar-refractivity contribution in [3.63, 3.8) is 0 Å². The second-order valence-electron chi connectivity index (χ2n) is 6.59. The molecular formula is C22H22N2Na2O6. The van der Waals surface area contributed by atoms with Crippen LogP contribution in [0.4, 0.5) is 0 Å². The molecule has 0 aliphatic rings. The van der Waals surface area contributed by atoms with Gasteiger partial charge < -0.3 is 30.4 Å². The maximum Gasteiger partial charge on any atom is 1.00 e. The molecule has 2 N–H and O–H groups in total. The Morgan fingerprint density at radius 2 is 0.875 bits per heavy atom. The average molecular weight is 456 g/mol. The van der Waals surface area contributed by atoms with Crippen LogP contribution >= 0.6 is 0 Å². The van der Waals surface area contributed by atoms with Crippen LogP contribution in [0.5, 0.6) is 0 Å². The number of aromatic carboxylic acids is 2. The van der Waals surface area contributed by atoms with Crippen LogP contribution in [0.2, 0.25) is 0 Å². The van der Waals surface area contributed by atoms with Crippen LogP contribution in [0.3, 0.4) is 0 Å². The number of hydrogen-bond acceptors (Lipinski definition) is 6. The van der Waals surface area contributed by atoms with Crippen molar-refractivity contribution in [2.75, 3.05) is 13.1 Å². The summed E-state index contributed by atoms with van der Waals surface area (Å²) >= 11 is 0. The molecule has 2 aromatic rings. The number of carbonyl (C=O) groups is 4. The molecule has 0 fully saturated rings. The van der Waals surface area contributed by atoms with Crippen molar-refractivity contribution in [2.45, 2.75) is 25.7 Å². The molecule has 32 heavy (non-hydrogen) atoms. The fourth-order valence-electron chi connectivity index (χ4n) is 2.92. The van der Waals surface area contributed by atoms with E-state index in [1.807, 2.05) is 0 Å². The molecule has 0 spiro atoms. The van der Waals surface area contributed by atoms with Crippen molar-refractivity contribution in [2.24, 2.45) is 0 Å².